The highest BCUT2D eigenvalue weighted by Crippen LogP contribution is 2.47. The van der Waals surface area contributed by atoms with E-state index in [-0.39, 0.29) is 11.9 Å². The normalized spacial score (nSPS) is 18.8. The van der Waals surface area contributed by atoms with Crippen LogP contribution in [0.4, 0.5) is 0 Å². The van der Waals surface area contributed by atoms with Crippen molar-refractivity contribution in [3.63, 3.8) is 0 Å². The molecule has 2 unspecified atom stereocenters. The first-order valence-electron chi connectivity index (χ1n) is 15.4. The number of nitrogens with one attached hydrogen (secondary N) is 1. The van der Waals surface area contributed by atoms with Gasteiger partial charge >= 0.3 is 5.76 Å². The Bertz CT molecular complexity index is 1650. The van der Waals surface area contributed by atoms with E-state index in [0.717, 1.165) is 65.0 Å². The molecule has 2 aliphatic rings. The minimum atomic E-state index is -0.864. The topological polar surface area (TPSA) is 111 Å². The van der Waals surface area contributed by atoms with Gasteiger partial charge in [0.05, 0.1) is 11.5 Å². The van der Waals surface area contributed by atoms with Gasteiger partial charge < -0.3 is 24.5 Å². The minimum absolute atomic E-state index is 0.0682. The first-order valence-corrected chi connectivity index (χ1v) is 15.4. The van der Waals surface area contributed by atoms with E-state index in [1.807, 2.05) is 37.2 Å². The number of carbonyl (C=O) groups is 1. The van der Waals surface area contributed by atoms with E-state index in [9.17, 15) is 14.9 Å². The summed E-state index contributed by atoms with van der Waals surface area (Å²) < 4.78 is 6.96. The van der Waals surface area contributed by atoms with Crippen LogP contribution in [0.5, 0.6) is 0 Å². The van der Waals surface area contributed by atoms with Gasteiger partial charge in [0.25, 0.3) is 5.91 Å². The monoisotopic (exact) mass is 609 g/mol. The lowest BCUT2D eigenvalue weighted by Gasteiger charge is -2.36. The molecule has 2 heterocycles. The summed E-state index contributed by atoms with van der Waals surface area (Å²) in [6.45, 7) is 10.5. The molecule has 0 radical (unpaired) electrons. The number of benzene rings is 2. The Morgan fingerprint density at radius 2 is 1.73 bits per heavy atom. The number of nitriles is 1. The molecule has 5 rings (SSSR count). The lowest BCUT2D eigenvalue weighted by Crippen LogP contribution is -2.39. The van der Waals surface area contributed by atoms with Crippen LogP contribution < -0.4 is 11.1 Å². The molecule has 3 aromatic rings. The van der Waals surface area contributed by atoms with E-state index >= 15 is 0 Å². The van der Waals surface area contributed by atoms with Gasteiger partial charge in [0.2, 0.25) is 0 Å². The average molecular weight is 610 g/mol. The van der Waals surface area contributed by atoms with E-state index in [4.69, 9.17) is 4.52 Å². The molecule has 1 aliphatic carbocycles. The number of hydrogen-bond donors (Lipinski definition) is 1. The average Bonchev–Trinajstić information content (AvgIpc) is 3.61. The predicted molar refractivity (Wildman–Crippen MR) is 175 cm³/mol. The van der Waals surface area contributed by atoms with Gasteiger partial charge in [-0.3, -0.25) is 4.79 Å². The van der Waals surface area contributed by atoms with Crippen LogP contribution in [0.3, 0.4) is 0 Å². The Labute approximate surface area is 265 Å². The van der Waals surface area contributed by atoms with E-state index < -0.39 is 11.2 Å². The van der Waals surface area contributed by atoms with Crippen LogP contribution >= 0.6 is 0 Å². The third kappa shape index (κ3) is 5.92. The zero-order valence-corrected chi connectivity index (χ0v) is 27.0. The lowest BCUT2D eigenvalue weighted by atomic mass is 9.69. The van der Waals surface area contributed by atoms with Crippen molar-refractivity contribution in [2.45, 2.75) is 43.6 Å². The second-order valence-corrected chi connectivity index (χ2v) is 12.5. The van der Waals surface area contributed by atoms with Crippen molar-refractivity contribution in [1.82, 2.24) is 29.7 Å². The molecule has 1 aromatic heterocycles. The summed E-state index contributed by atoms with van der Waals surface area (Å²) in [5.41, 5.74) is 6.74. The second kappa shape index (κ2) is 12.8. The molecule has 1 amide bonds. The lowest BCUT2D eigenvalue weighted by molar-refractivity contribution is 0.0827. The van der Waals surface area contributed by atoms with Crippen LogP contribution in [0.15, 0.2) is 64.6 Å². The number of likely N-dealkylation sites (tertiary alicyclic amines) is 1. The molecular formula is C35H43N7O3. The summed E-state index contributed by atoms with van der Waals surface area (Å²) in [5.74, 6) is -0.219. The molecule has 2 aromatic carbocycles. The Morgan fingerprint density at radius 1 is 1.09 bits per heavy atom. The van der Waals surface area contributed by atoms with Crippen LogP contribution in [0, 0.1) is 11.3 Å². The summed E-state index contributed by atoms with van der Waals surface area (Å²) in [5, 5.41) is 13.1. The van der Waals surface area contributed by atoms with Crippen LogP contribution in [0.2, 0.25) is 0 Å². The molecule has 0 saturated carbocycles. The quantitative estimate of drug-likeness (QED) is 0.348. The third-order valence-corrected chi connectivity index (χ3v) is 9.23. The molecule has 1 saturated heterocycles. The summed E-state index contributed by atoms with van der Waals surface area (Å²) >= 11 is 0. The van der Waals surface area contributed by atoms with Crippen LogP contribution in [-0.2, 0) is 25.3 Å². The van der Waals surface area contributed by atoms with Crippen molar-refractivity contribution in [3.8, 4) is 6.07 Å². The molecule has 1 fully saturated rings. The predicted octanol–water partition coefficient (Wildman–Crippen LogP) is 3.52. The molecule has 2 atom stereocenters. The number of aryl methyl sites for hydroxylation is 3. The third-order valence-electron chi connectivity index (χ3n) is 9.23. The van der Waals surface area contributed by atoms with Crippen molar-refractivity contribution >= 4 is 11.6 Å². The minimum Gasteiger partial charge on any atom is -0.378 e. The van der Waals surface area contributed by atoms with Gasteiger partial charge in [0, 0.05) is 65.3 Å². The van der Waals surface area contributed by atoms with Gasteiger partial charge in [0.15, 0.2) is 5.82 Å². The number of amides is 1. The SMILES string of the molecule is C=C(c1ccc2c(c1)CCc1cc(C(=O)N(C)C)ccc1C2(CCNCC(=C)N1CCCC1C#N)c1nc(=O)on1C)N(C)C. The number of aromatic nitrogens is 2. The van der Waals surface area contributed by atoms with Crippen molar-refractivity contribution in [1.29, 1.82) is 5.26 Å². The fourth-order valence-electron chi connectivity index (χ4n) is 6.89. The molecule has 45 heavy (non-hydrogen) atoms. The fraction of sp³-hybridized carbons (Fsp3) is 0.429. The highest BCUT2D eigenvalue weighted by molar-refractivity contribution is 5.94. The number of nitrogens with zero attached hydrogens (tertiary/aromatic N) is 6. The van der Waals surface area contributed by atoms with Crippen LogP contribution in [-0.4, -0.2) is 84.2 Å². The second-order valence-electron chi connectivity index (χ2n) is 12.5. The number of carbonyl (C=O) groups excluding carboxylic acids is 1. The van der Waals surface area contributed by atoms with Crippen LogP contribution in [0.1, 0.15) is 63.3 Å². The van der Waals surface area contributed by atoms with Gasteiger partial charge in [-0.25, -0.2) is 4.79 Å². The van der Waals surface area contributed by atoms with E-state index in [0.29, 0.717) is 37.3 Å². The maximum atomic E-state index is 13.0. The van der Waals surface area contributed by atoms with Crippen molar-refractivity contribution in [2.75, 3.05) is 47.8 Å². The zero-order chi connectivity index (χ0) is 32.5. The molecule has 0 bridgehead atoms. The molecule has 1 N–H and O–H groups in total. The van der Waals surface area contributed by atoms with Crippen molar-refractivity contribution < 1.29 is 9.32 Å². The summed E-state index contributed by atoms with van der Waals surface area (Å²) in [6, 6.07) is 14.5. The highest BCUT2D eigenvalue weighted by Gasteiger charge is 2.45. The maximum absolute atomic E-state index is 13.0. The van der Waals surface area contributed by atoms with E-state index in [2.05, 4.69) is 52.6 Å². The Hall–Kier alpha value is -4.62. The molecule has 1 aliphatic heterocycles. The smallest absolute Gasteiger partial charge is 0.378 e. The van der Waals surface area contributed by atoms with Gasteiger partial charge in [-0.1, -0.05) is 31.4 Å². The van der Waals surface area contributed by atoms with E-state index in [1.165, 1.54) is 4.74 Å². The van der Waals surface area contributed by atoms with Crippen molar-refractivity contribution in [3.05, 3.63) is 105 Å². The largest absolute Gasteiger partial charge is 0.459 e. The molecular weight excluding hydrogens is 566 g/mol. The summed E-state index contributed by atoms with van der Waals surface area (Å²) in [7, 11) is 9.16. The van der Waals surface area contributed by atoms with Gasteiger partial charge in [0.1, 0.15) is 6.04 Å². The summed E-state index contributed by atoms with van der Waals surface area (Å²) in [4.78, 5) is 35.8. The van der Waals surface area contributed by atoms with Gasteiger partial charge in [-0.05, 0) is 84.7 Å². The first-order chi connectivity index (χ1) is 21.5. The summed E-state index contributed by atoms with van der Waals surface area (Å²) in [6.07, 6.45) is 3.83. The zero-order valence-electron chi connectivity index (χ0n) is 27.0. The fourth-order valence-corrected chi connectivity index (χ4v) is 6.89. The Kier molecular flexibility index (Phi) is 9.03. The molecule has 10 heteroatoms. The number of fused-ring (bicyclic) bond motifs is 2. The molecule has 236 valence electrons. The standard InChI is InChI=1S/C35H43N7O3/c1-23(42-18-8-9-29(42)21-36)22-37-17-16-35(33-38-34(44)45-41(33)7)30-14-12-25(24(2)39(3)4)19-26(30)10-11-27-20-28(13-15-31(27)35)32(43)40(5)6/h12-15,19-20,29,37H,1-2,8-11,16-18,22H2,3-7H3. The molecule has 0 spiro atoms. The molecule has 10 nitrogen and oxygen atoms in total. The van der Waals surface area contributed by atoms with Crippen molar-refractivity contribution in [2.24, 2.45) is 7.05 Å². The van der Waals surface area contributed by atoms with E-state index in [1.54, 1.807) is 26.0 Å². The van der Waals surface area contributed by atoms with Gasteiger partial charge in [-0.15, -0.1) is 0 Å². The Morgan fingerprint density at radius 3 is 2.31 bits per heavy atom. The Balaban J connectivity index is 1.63. The highest BCUT2D eigenvalue weighted by atomic mass is 16.5. The maximum Gasteiger partial charge on any atom is 0.459 e. The number of hydrogen-bond acceptors (Lipinski definition) is 8. The van der Waals surface area contributed by atoms with Crippen LogP contribution in [0.25, 0.3) is 5.70 Å². The number of rotatable bonds is 10. The van der Waals surface area contributed by atoms with Gasteiger partial charge in [-0.2, -0.15) is 15.0 Å². The first kappa shape index (κ1) is 31.8.